The summed E-state index contributed by atoms with van der Waals surface area (Å²) in [7, 11) is 0. The van der Waals surface area contributed by atoms with Crippen LogP contribution in [0.15, 0.2) is 54.8 Å². The number of allylic oxidation sites excluding steroid dienone is 1. The summed E-state index contributed by atoms with van der Waals surface area (Å²) in [6.45, 7) is 0. The lowest BCUT2D eigenvalue weighted by Gasteiger charge is -2.22. The Morgan fingerprint density at radius 3 is 2.68 bits per heavy atom. The summed E-state index contributed by atoms with van der Waals surface area (Å²) in [5.41, 5.74) is 1.59. The zero-order valence-electron chi connectivity index (χ0n) is 12.3. The first-order valence-corrected chi connectivity index (χ1v) is 7.64. The first-order chi connectivity index (χ1) is 10.8. The first-order valence-electron chi connectivity index (χ1n) is 7.64. The van der Waals surface area contributed by atoms with Crippen LogP contribution in [0.1, 0.15) is 42.7 Å². The van der Waals surface area contributed by atoms with Gasteiger partial charge in [0.1, 0.15) is 17.3 Å². The molecule has 0 aliphatic carbocycles. The van der Waals surface area contributed by atoms with Crippen molar-refractivity contribution in [3.8, 4) is 11.5 Å². The quantitative estimate of drug-likeness (QED) is 0.791. The second kappa shape index (κ2) is 6.65. The molecule has 2 nitrogen and oxygen atoms in total. The van der Waals surface area contributed by atoms with Gasteiger partial charge in [-0.2, -0.15) is 0 Å². The zero-order chi connectivity index (χ0) is 15.4. The molecule has 1 unspecified atom stereocenters. The molecule has 0 spiro atoms. The van der Waals surface area contributed by atoms with Gasteiger partial charge in [-0.05, 0) is 55.2 Å². The number of phenols is 1. The van der Waals surface area contributed by atoms with Crippen molar-refractivity contribution in [2.45, 2.75) is 31.6 Å². The molecule has 1 N–H and O–H groups in total. The number of aromatic hydroxyl groups is 1. The van der Waals surface area contributed by atoms with Crippen molar-refractivity contribution in [1.29, 1.82) is 0 Å². The summed E-state index contributed by atoms with van der Waals surface area (Å²) in [4.78, 5) is 0. The fraction of sp³-hybridized carbons (Fsp3) is 0.263. The van der Waals surface area contributed by atoms with E-state index in [9.17, 15) is 9.50 Å². The highest BCUT2D eigenvalue weighted by molar-refractivity contribution is 5.44. The van der Waals surface area contributed by atoms with Gasteiger partial charge in [-0.25, -0.2) is 4.39 Å². The van der Waals surface area contributed by atoms with E-state index >= 15 is 0 Å². The number of halogens is 1. The summed E-state index contributed by atoms with van der Waals surface area (Å²) in [5.74, 6) is 0.473. The van der Waals surface area contributed by atoms with E-state index in [0.29, 0.717) is 11.3 Å². The highest BCUT2D eigenvalue weighted by atomic mass is 19.1. The van der Waals surface area contributed by atoms with Crippen molar-refractivity contribution in [3.05, 3.63) is 71.7 Å². The number of hydrogen-bond acceptors (Lipinski definition) is 2. The molecule has 0 saturated carbocycles. The van der Waals surface area contributed by atoms with Gasteiger partial charge in [0.05, 0.1) is 6.26 Å². The maximum Gasteiger partial charge on any atom is 0.133 e. The molecule has 3 rings (SSSR count). The molecule has 0 radical (unpaired) electrons. The number of ether oxygens (including phenoxy) is 1. The van der Waals surface area contributed by atoms with Gasteiger partial charge < -0.3 is 9.84 Å². The minimum Gasteiger partial charge on any atom is -0.508 e. The summed E-state index contributed by atoms with van der Waals surface area (Å²) in [6, 6.07) is 12.0. The van der Waals surface area contributed by atoms with E-state index in [1.807, 2.05) is 18.2 Å². The van der Waals surface area contributed by atoms with E-state index in [1.54, 1.807) is 30.5 Å². The smallest absolute Gasteiger partial charge is 0.133 e. The van der Waals surface area contributed by atoms with Crippen LogP contribution in [0, 0.1) is 5.82 Å². The topological polar surface area (TPSA) is 29.5 Å². The van der Waals surface area contributed by atoms with Crippen molar-refractivity contribution < 1.29 is 14.2 Å². The predicted octanol–water partition coefficient (Wildman–Crippen LogP) is 5.13. The Labute approximate surface area is 129 Å². The Hall–Kier alpha value is -2.29. The molecule has 0 fully saturated rings. The number of hydrogen-bond donors (Lipinski definition) is 1. The summed E-state index contributed by atoms with van der Waals surface area (Å²) in [5, 5.41) is 9.48. The van der Waals surface area contributed by atoms with Crippen molar-refractivity contribution in [2.75, 3.05) is 0 Å². The van der Waals surface area contributed by atoms with E-state index in [-0.39, 0.29) is 17.5 Å². The fourth-order valence-electron chi connectivity index (χ4n) is 2.94. The minimum absolute atomic E-state index is 0.0664. The Kier molecular flexibility index (Phi) is 4.42. The zero-order valence-corrected chi connectivity index (χ0v) is 12.3. The van der Waals surface area contributed by atoms with Crippen LogP contribution in [0.3, 0.4) is 0 Å². The number of fused-ring (bicyclic) bond motifs is 1. The van der Waals surface area contributed by atoms with Gasteiger partial charge >= 0.3 is 0 Å². The van der Waals surface area contributed by atoms with Gasteiger partial charge in [-0.15, -0.1) is 0 Å². The fourth-order valence-corrected chi connectivity index (χ4v) is 2.94. The van der Waals surface area contributed by atoms with Crippen LogP contribution >= 0.6 is 0 Å². The van der Waals surface area contributed by atoms with Crippen LogP contribution in [0.25, 0.3) is 0 Å². The molecule has 1 atom stereocenters. The average molecular weight is 298 g/mol. The second-order valence-electron chi connectivity index (χ2n) is 5.57. The van der Waals surface area contributed by atoms with Crippen LogP contribution in [-0.2, 0) is 0 Å². The average Bonchev–Trinajstić information content (AvgIpc) is 2.53. The van der Waals surface area contributed by atoms with Crippen molar-refractivity contribution in [3.63, 3.8) is 0 Å². The molecular formula is C19H19FO2. The molecule has 2 aromatic rings. The molecule has 1 aliphatic heterocycles. The van der Waals surface area contributed by atoms with Gasteiger partial charge in [0.2, 0.25) is 0 Å². The second-order valence-corrected chi connectivity index (χ2v) is 5.57. The molecule has 0 bridgehead atoms. The third kappa shape index (κ3) is 3.14. The Balaban J connectivity index is 2.08. The molecule has 3 heteroatoms. The third-order valence-electron chi connectivity index (χ3n) is 4.06. The maximum atomic E-state index is 14.5. The minimum atomic E-state index is -0.246. The SMILES string of the molecule is Oc1ccc(C2CCCC/C=C/Oc3cccc(F)c32)cc1. The van der Waals surface area contributed by atoms with Crippen LogP contribution < -0.4 is 4.74 Å². The van der Waals surface area contributed by atoms with E-state index in [1.165, 1.54) is 6.07 Å². The van der Waals surface area contributed by atoms with E-state index in [4.69, 9.17) is 4.74 Å². The van der Waals surface area contributed by atoms with Crippen LogP contribution in [-0.4, -0.2) is 5.11 Å². The largest absolute Gasteiger partial charge is 0.508 e. The molecule has 0 saturated heterocycles. The first kappa shape index (κ1) is 14.6. The van der Waals surface area contributed by atoms with Gasteiger partial charge in [-0.3, -0.25) is 0 Å². The van der Waals surface area contributed by atoms with Crippen LogP contribution in [0.4, 0.5) is 4.39 Å². The number of benzene rings is 2. The highest BCUT2D eigenvalue weighted by Crippen LogP contribution is 2.38. The van der Waals surface area contributed by atoms with Gasteiger partial charge in [-0.1, -0.05) is 24.6 Å². The van der Waals surface area contributed by atoms with Crippen LogP contribution in [0.5, 0.6) is 11.5 Å². The standard InChI is InChI=1S/C19H19FO2/c20-17-7-5-8-18-19(17)16(6-3-1-2-4-13-22-18)14-9-11-15(21)12-10-14/h4-5,7-13,16,21H,1-3,6H2/b13-4+. The molecule has 114 valence electrons. The summed E-state index contributed by atoms with van der Waals surface area (Å²) < 4.78 is 20.1. The van der Waals surface area contributed by atoms with Crippen molar-refractivity contribution >= 4 is 0 Å². The lowest BCUT2D eigenvalue weighted by Crippen LogP contribution is -2.07. The van der Waals surface area contributed by atoms with Gasteiger partial charge in [0.25, 0.3) is 0 Å². The van der Waals surface area contributed by atoms with Crippen molar-refractivity contribution in [2.24, 2.45) is 0 Å². The van der Waals surface area contributed by atoms with E-state index in [2.05, 4.69) is 0 Å². The Bertz CT molecular complexity index is 662. The van der Waals surface area contributed by atoms with E-state index in [0.717, 1.165) is 31.2 Å². The molecule has 0 amide bonds. The molecule has 22 heavy (non-hydrogen) atoms. The molecule has 1 heterocycles. The van der Waals surface area contributed by atoms with E-state index < -0.39 is 0 Å². The lowest BCUT2D eigenvalue weighted by atomic mass is 9.85. The molecule has 1 aliphatic rings. The third-order valence-corrected chi connectivity index (χ3v) is 4.06. The normalized spacial score (nSPS) is 19.8. The Morgan fingerprint density at radius 1 is 1.05 bits per heavy atom. The summed E-state index contributed by atoms with van der Waals surface area (Å²) >= 11 is 0. The lowest BCUT2D eigenvalue weighted by molar-refractivity contribution is 0.448. The number of phenolic OH excluding ortho intramolecular Hbond substituents is 1. The van der Waals surface area contributed by atoms with Crippen molar-refractivity contribution in [1.82, 2.24) is 0 Å². The van der Waals surface area contributed by atoms with Gasteiger partial charge in [0, 0.05) is 11.5 Å². The maximum absolute atomic E-state index is 14.5. The molecule has 2 aromatic carbocycles. The Morgan fingerprint density at radius 2 is 1.86 bits per heavy atom. The van der Waals surface area contributed by atoms with Crippen LogP contribution in [0.2, 0.25) is 0 Å². The molecular weight excluding hydrogens is 279 g/mol. The highest BCUT2D eigenvalue weighted by Gasteiger charge is 2.22. The van der Waals surface area contributed by atoms with Gasteiger partial charge in [0.15, 0.2) is 0 Å². The predicted molar refractivity (Wildman–Crippen MR) is 84.6 cm³/mol. The monoisotopic (exact) mass is 298 g/mol. The molecule has 0 aromatic heterocycles. The number of rotatable bonds is 1. The summed E-state index contributed by atoms with van der Waals surface area (Å²) in [6.07, 6.45) is 7.53.